The molecule has 0 N–H and O–H groups in total. The number of halogens is 1. The molecule has 0 radical (unpaired) electrons. The SMILES string of the molecule is CN(Cc1ccc(F)cc1)Cc1cccnc1C#N. The second-order valence-electron chi connectivity index (χ2n) is 4.42. The Hall–Kier alpha value is -2.25. The second kappa shape index (κ2) is 6.07. The summed E-state index contributed by atoms with van der Waals surface area (Å²) in [6, 6.07) is 12.2. The van der Waals surface area contributed by atoms with E-state index in [0.717, 1.165) is 11.1 Å². The topological polar surface area (TPSA) is 39.9 Å². The van der Waals surface area contributed by atoms with Crippen LogP contribution in [0.1, 0.15) is 16.8 Å². The van der Waals surface area contributed by atoms with E-state index >= 15 is 0 Å². The van der Waals surface area contributed by atoms with Gasteiger partial charge in [0.1, 0.15) is 17.6 Å². The van der Waals surface area contributed by atoms with Crippen LogP contribution in [0.25, 0.3) is 0 Å². The zero-order chi connectivity index (χ0) is 13.7. The molecule has 1 heterocycles. The van der Waals surface area contributed by atoms with E-state index in [4.69, 9.17) is 5.26 Å². The molecule has 4 heteroatoms. The van der Waals surface area contributed by atoms with Gasteiger partial charge >= 0.3 is 0 Å². The van der Waals surface area contributed by atoms with Gasteiger partial charge in [-0.15, -0.1) is 0 Å². The lowest BCUT2D eigenvalue weighted by Crippen LogP contribution is -2.18. The van der Waals surface area contributed by atoms with Gasteiger partial charge in [-0.25, -0.2) is 9.37 Å². The van der Waals surface area contributed by atoms with Crippen molar-refractivity contribution in [3.63, 3.8) is 0 Å². The van der Waals surface area contributed by atoms with E-state index in [1.807, 2.05) is 19.2 Å². The van der Waals surface area contributed by atoms with Gasteiger partial charge in [-0.3, -0.25) is 4.90 Å². The Balaban J connectivity index is 2.03. The van der Waals surface area contributed by atoms with Gasteiger partial charge in [0.25, 0.3) is 0 Å². The minimum atomic E-state index is -0.231. The first-order valence-corrected chi connectivity index (χ1v) is 5.96. The Bertz CT molecular complexity index is 587. The molecule has 2 aromatic rings. The van der Waals surface area contributed by atoms with Crippen molar-refractivity contribution in [2.75, 3.05) is 7.05 Å². The zero-order valence-electron chi connectivity index (χ0n) is 10.7. The largest absolute Gasteiger partial charge is 0.298 e. The van der Waals surface area contributed by atoms with Crippen LogP contribution in [0.5, 0.6) is 0 Å². The molecule has 0 atom stereocenters. The highest BCUT2D eigenvalue weighted by Gasteiger charge is 2.06. The highest BCUT2D eigenvalue weighted by molar-refractivity contribution is 5.30. The third-order valence-electron chi connectivity index (χ3n) is 2.80. The van der Waals surface area contributed by atoms with E-state index in [1.165, 1.54) is 12.1 Å². The summed E-state index contributed by atoms with van der Waals surface area (Å²) in [6.07, 6.45) is 1.61. The minimum absolute atomic E-state index is 0.231. The Morgan fingerprint density at radius 2 is 1.95 bits per heavy atom. The number of nitriles is 1. The molecule has 19 heavy (non-hydrogen) atoms. The summed E-state index contributed by atoms with van der Waals surface area (Å²) < 4.78 is 12.8. The van der Waals surface area contributed by atoms with Gasteiger partial charge in [-0.05, 0) is 30.8 Å². The van der Waals surface area contributed by atoms with Gasteiger partial charge in [0, 0.05) is 24.8 Å². The van der Waals surface area contributed by atoms with E-state index in [-0.39, 0.29) is 5.82 Å². The van der Waals surface area contributed by atoms with Gasteiger partial charge in [-0.2, -0.15) is 5.26 Å². The fourth-order valence-corrected chi connectivity index (χ4v) is 1.92. The van der Waals surface area contributed by atoms with E-state index in [1.54, 1.807) is 18.3 Å². The second-order valence-corrected chi connectivity index (χ2v) is 4.42. The van der Waals surface area contributed by atoms with E-state index < -0.39 is 0 Å². The molecule has 0 spiro atoms. The number of rotatable bonds is 4. The summed E-state index contributed by atoms with van der Waals surface area (Å²) in [5.41, 5.74) is 2.38. The lowest BCUT2D eigenvalue weighted by molar-refractivity contribution is 0.318. The fraction of sp³-hybridized carbons (Fsp3) is 0.200. The van der Waals surface area contributed by atoms with E-state index in [2.05, 4.69) is 16.0 Å². The third-order valence-corrected chi connectivity index (χ3v) is 2.80. The lowest BCUT2D eigenvalue weighted by Gasteiger charge is -2.17. The van der Waals surface area contributed by atoms with Crippen molar-refractivity contribution in [2.24, 2.45) is 0 Å². The molecule has 0 bridgehead atoms. The first-order chi connectivity index (χ1) is 9.19. The molecule has 0 saturated carbocycles. The van der Waals surface area contributed by atoms with Gasteiger partial charge in [0.2, 0.25) is 0 Å². The molecular weight excluding hydrogens is 241 g/mol. The summed E-state index contributed by atoms with van der Waals surface area (Å²) >= 11 is 0. The maximum atomic E-state index is 12.8. The first-order valence-electron chi connectivity index (χ1n) is 5.96. The molecule has 1 aromatic carbocycles. The van der Waals surface area contributed by atoms with Crippen LogP contribution in [0.2, 0.25) is 0 Å². The summed E-state index contributed by atoms with van der Waals surface area (Å²) in [6.45, 7) is 1.33. The molecule has 0 saturated heterocycles. The molecule has 3 nitrogen and oxygen atoms in total. The van der Waals surface area contributed by atoms with Crippen molar-refractivity contribution in [2.45, 2.75) is 13.1 Å². The standard InChI is InChI=1S/C15H14FN3/c1-19(10-12-4-6-14(16)7-5-12)11-13-3-2-8-18-15(13)9-17/h2-8H,10-11H2,1H3. The van der Waals surface area contributed by atoms with Crippen LogP contribution in [0.4, 0.5) is 4.39 Å². The molecule has 2 rings (SSSR count). The number of hydrogen-bond acceptors (Lipinski definition) is 3. The summed E-state index contributed by atoms with van der Waals surface area (Å²) in [7, 11) is 1.96. The Morgan fingerprint density at radius 1 is 1.21 bits per heavy atom. The van der Waals surface area contributed by atoms with Crippen molar-refractivity contribution in [3.05, 3.63) is 65.2 Å². The number of pyridine rings is 1. The van der Waals surface area contributed by atoms with Crippen molar-refractivity contribution < 1.29 is 4.39 Å². The zero-order valence-corrected chi connectivity index (χ0v) is 10.7. The predicted molar refractivity (Wildman–Crippen MR) is 70.5 cm³/mol. The molecule has 0 aliphatic carbocycles. The van der Waals surface area contributed by atoms with Crippen molar-refractivity contribution in [3.8, 4) is 6.07 Å². The van der Waals surface area contributed by atoms with Crippen LogP contribution in [0, 0.1) is 17.1 Å². The van der Waals surface area contributed by atoms with Crippen LogP contribution in [0.15, 0.2) is 42.6 Å². The number of aromatic nitrogens is 1. The van der Waals surface area contributed by atoms with Crippen LogP contribution in [0.3, 0.4) is 0 Å². The first kappa shape index (κ1) is 13.2. The van der Waals surface area contributed by atoms with E-state index in [9.17, 15) is 4.39 Å². The fourth-order valence-electron chi connectivity index (χ4n) is 1.92. The highest BCUT2D eigenvalue weighted by Crippen LogP contribution is 2.11. The van der Waals surface area contributed by atoms with Crippen molar-refractivity contribution in [1.82, 2.24) is 9.88 Å². The Morgan fingerprint density at radius 3 is 2.63 bits per heavy atom. The molecule has 1 aromatic heterocycles. The van der Waals surface area contributed by atoms with Gasteiger partial charge in [0.15, 0.2) is 0 Å². The van der Waals surface area contributed by atoms with Gasteiger partial charge in [0.05, 0.1) is 0 Å². The molecule has 0 aliphatic heterocycles. The third kappa shape index (κ3) is 3.60. The number of nitrogens with zero attached hydrogens (tertiary/aromatic N) is 3. The minimum Gasteiger partial charge on any atom is -0.298 e. The quantitative estimate of drug-likeness (QED) is 0.843. The Labute approximate surface area is 111 Å². The Kier molecular flexibility index (Phi) is 4.22. The maximum Gasteiger partial charge on any atom is 0.144 e. The molecule has 96 valence electrons. The molecular formula is C15H14FN3. The lowest BCUT2D eigenvalue weighted by atomic mass is 10.1. The smallest absolute Gasteiger partial charge is 0.144 e. The highest BCUT2D eigenvalue weighted by atomic mass is 19.1. The average molecular weight is 255 g/mol. The van der Waals surface area contributed by atoms with Crippen molar-refractivity contribution in [1.29, 1.82) is 5.26 Å². The van der Waals surface area contributed by atoms with E-state index in [0.29, 0.717) is 18.8 Å². The summed E-state index contributed by atoms with van der Waals surface area (Å²) in [4.78, 5) is 6.09. The van der Waals surface area contributed by atoms with Crippen molar-refractivity contribution >= 4 is 0 Å². The molecule has 0 unspecified atom stereocenters. The van der Waals surface area contributed by atoms with Crippen LogP contribution < -0.4 is 0 Å². The molecule has 0 amide bonds. The van der Waals surface area contributed by atoms with Crippen LogP contribution in [-0.4, -0.2) is 16.9 Å². The summed E-state index contributed by atoms with van der Waals surface area (Å²) in [5.74, 6) is -0.231. The maximum absolute atomic E-state index is 12.8. The van der Waals surface area contributed by atoms with Crippen LogP contribution >= 0.6 is 0 Å². The normalized spacial score (nSPS) is 10.4. The molecule has 0 fully saturated rings. The van der Waals surface area contributed by atoms with Gasteiger partial charge in [-0.1, -0.05) is 18.2 Å². The predicted octanol–water partition coefficient (Wildman–Crippen LogP) is 2.72. The number of benzene rings is 1. The number of hydrogen-bond donors (Lipinski definition) is 0. The molecule has 0 aliphatic rings. The van der Waals surface area contributed by atoms with Crippen LogP contribution in [-0.2, 0) is 13.1 Å². The monoisotopic (exact) mass is 255 g/mol. The average Bonchev–Trinajstić information content (AvgIpc) is 2.42. The summed E-state index contributed by atoms with van der Waals surface area (Å²) in [5, 5.41) is 8.98. The van der Waals surface area contributed by atoms with Gasteiger partial charge < -0.3 is 0 Å².